The van der Waals surface area contributed by atoms with E-state index in [9.17, 15) is 4.39 Å². The van der Waals surface area contributed by atoms with Gasteiger partial charge >= 0.3 is 0 Å². The van der Waals surface area contributed by atoms with Crippen molar-refractivity contribution >= 4 is 11.0 Å². The summed E-state index contributed by atoms with van der Waals surface area (Å²) in [7, 11) is 0. The fraction of sp³-hybridized carbons (Fsp3) is 0. The predicted octanol–water partition coefficient (Wildman–Crippen LogP) is 3.37. The Balaban J connectivity index is 2.14. The van der Waals surface area contributed by atoms with Crippen LogP contribution in [0.4, 0.5) is 4.39 Å². The van der Waals surface area contributed by atoms with E-state index in [0.29, 0.717) is 0 Å². The quantitative estimate of drug-likeness (QED) is 0.658. The highest BCUT2D eigenvalue weighted by molar-refractivity contribution is 5.78. The molecule has 2 aromatic heterocycles. The van der Waals surface area contributed by atoms with E-state index in [2.05, 4.69) is 9.97 Å². The molecule has 3 rings (SSSR count). The van der Waals surface area contributed by atoms with Crippen molar-refractivity contribution in [3.05, 3.63) is 54.5 Å². The van der Waals surface area contributed by atoms with Gasteiger partial charge in [-0.15, -0.1) is 0 Å². The molecule has 2 nitrogen and oxygen atoms in total. The lowest BCUT2D eigenvalue weighted by Crippen LogP contribution is -1.84. The van der Waals surface area contributed by atoms with Crippen LogP contribution in [0.5, 0.6) is 0 Å². The minimum absolute atomic E-state index is 0.232. The van der Waals surface area contributed by atoms with Gasteiger partial charge in [0, 0.05) is 17.1 Å². The van der Waals surface area contributed by atoms with E-state index < -0.39 is 0 Å². The van der Waals surface area contributed by atoms with Crippen LogP contribution in [-0.4, -0.2) is 9.97 Å². The second-order valence-corrected chi connectivity index (χ2v) is 3.62. The molecule has 0 amide bonds. The summed E-state index contributed by atoms with van der Waals surface area (Å²) in [5, 5.41) is 1.07. The summed E-state index contributed by atoms with van der Waals surface area (Å²) in [5.41, 5.74) is 2.61. The minimum Gasteiger partial charge on any atom is -0.346 e. The van der Waals surface area contributed by atoms with Gasteiger partial charge in [-0.05, 0) is 42.5 Å². The first-order chi connectivity index (χ1) is 7.83. The number of nitrogens with one attached hydrogen (secondary N) is 1. The number of hydrogen-bond donors (Lipinski definition) is 1. The van der Waals surface area contributed by atoms with Gasteiger partial charge in [-0.1, -0.05) is 0 Å². The third kappa shape index (κ3) is 1.46. The lowest BCUT2D eigenvalue weighted by molar-refractivity contribution is 0.628. The molecule has 1 N–H and O–H groups in total. The Morgan fingerprint density at radius 2 is 1.75 bits per heavy atom. The molecule has 0 bridgehead atoms. The van der Waals surface area contributed by atoms with E-state index in [-0.39, 0.29) is 5.82 Å². The zero-order valence-corrected chi connectivity index (χ0v) is 8.44. The molecule has 3 heteroatoms. The maximum absolute atomic E-state index is 12.8. The maximum atomic E-state index is 12.8. The first kappa shape index (κ1) is 9.09. The highest BCUT2D eigenvalue weighted by Crippen LogP contribution is 2.20. The van der Waals surface area contributed by atoms with Crippen molar-refractivity contribution in [1.82, 2.24) is 9.97 Å². The first-order valence-corrected chi connectivity index (χ1v) is 5.03. The van der Waals surface area contributed by atoms with Crippen LogP contribution in [-0.2, 0) is 0 Å². The highest BCUT2D eigenvalue weighted by Gasteiger charge is 2.01. The van der Waals surface area contributed by atoms with Gasteiger partial charge in [0.15, 0.2) is 0 Å². The van der Waals surface area contributed by atoms with Gasteiger partial charge in [0.1, 0.15) is 11.5 Å². The van der Waals surface area contributed by atoms with E-state index in [1.165, 1.54) is 12.1 Å². The Hall–Kier alpha value is -2.16. The van der Waals surface area contributed by atoms with Crippen molar-refractivity contribution in [2.24, 2.45) is 0 Å². The second kappa shape index (κ2) is 3.45. The van der Waals surface area contributed by atoms with E-state index in [1.807, 2.05) is 24.4 Å². The van der Waals surface area contributed by atoms with Crippen LogP contribution < -0.4 is 0 Å². The summed E-state index contributed by atoms with van der Waals surface area (Å²) in [5.74, 6) is -0.232. The lowest BCUT2D eigenvalue weighted by atomic mass is 10.1. The normalized spacial score (nSPS) is 10.8. The van der Waals surface area contributed by atoms with Crippen molar-refractivity contribution in [3.63, 3.8) is 0 Å². The Kier molecular flexibility index (Phi) is 1.96. The number of H-pyrrole nitrogens is 1. The molecule has 0 aliphatic heterocycles. The summed E-state index contributed by atoms with van der Waals surface area (Å²) in [6, 6.07) is 12.2. The number of nitrogens with zero attached hydrogens (tertiary/aromatic N) is 1. The van der Waals surface area contributed by atoms with Crippen LogP contribution in [0.15, 0.2) is 48.7 Å². The Morgan fingerprint density at radius 3 is 2.56 bits per heavy atom. The lowest BCUT2D eigenvalue weighted by Gasteiger charge is -2.00. The molecular formula is C13H9FN2. The molecule has 0 aliphatic rings. The summed E-state index contributed by atoms with van der Waals surface area (Å²) in [4.78, 5) is 7.51. The van der Waals surface area contributed by atoms with Crippen molar-refractivity contribution in [2.45, 2.75) is 0 Å². The third-order valence-corrected chi connectivity index (χ3v) is 2.55. The number of benzene rings is 1. The summed E-state index contributed by atoms with van der Waals surface area (Å²) >= 11 is 0. The van der Waals surface area contributed by atoms with Gasteiger partial charge in [0.2, 0.25) is 0 Å². The molecule has 3 aromatic rings. The van der Waals surface area contributed by atoms with Gasteiger partial charge in [-0.3, -0.25) is 0 Å². The zero-order chi connectivity index (χ0) is 11.0. The Morgan fingerprint density at radius 1 is 0.938 bits per heavy atom. The fourth-order valence-electron chi connectivity index (χ4n) is 1.71. The van der Waals surface area contributed by atoms with Crippen molar-refractivity contribution in [1.29, 1.82) is 0 Å². The summed E-state index contributed by atoms with van der Waals surface area (Å²) < 4.78 is 12.8. The van der Waals surface area contributed by atoms with Crippen LogP contribution in [0.1, 0.15) is 0 Å². The number of fused-ring (bicyclic) bond motifs is 1. The third-order valence-electron chi connectivity index (χ3n) is 2.55. The van der Waals surface area contributed by atoms with Crippen LogP contribution >= 0.6 is 0 Å². The van der Waals surface area contributed by atoms with Crippen molar-refractivity contribution < 1.29 is 4.39 Å². The number of halogens is 1. The average Bonchev–Trinajstić information content (AvgIpc) is 2.77. The van der Waals surface area contributed by atoms with E-state index >= 15 is 0 Å². The molecule has 0 saturated carbocycles. The molecule has 0 spiro atoms. The molecule has 0 radical (unpaired) electrons. The number of aromatic nitrogens is 2. The molecular weight excluding hydrogens is 203 g/mol. The molecule has 2 heterocycles. The maximum Gasteiger partial charge on any atom is 0.137 e. The average molecular weight is 212 g/mol. The monoisotopic (exact) mass is 212 g/mol. The van der Waals surface area contributed by atoms with E-state index in [1.54, 1.807) is 12.1 Å². The Labute approximate surface area is 91.8 Å². The molecule has 78 valence electrons. The van der Waals surface area contributed by atoms with Gasteiger partial charge in [-0.2, -0.15) is 0 Å². The number of aromatic amines is 1. The summed E-state index contributed by atoms with van der Waals surface area (Å²) in [6.07, 6.45) is 1.85. The van der Waals surface area contributed by atoms with Crippen LogP contribution in [0.2, 0.25) is 0 Å². The highest BCUT2D eigenvalue weighted by atomic mass is 19.1. The van der Waals surface area contributed by atoms with Gasteiger partial charge < -0.3 is 4.98 Å². The second-order valence-electron chi connectivity index (χ2n) is 3.62. The standard InChI is InChI=1S/C13H9FN2/c14-11-4-1-9(2-5-11)12-6-3-10-7-8-15-13(10)16-12/h1-8H,(H,15,16). The molecule has 16 heavy (non-hydrogen) atoms. The van der Waals surface area contributed by atoms with Crippen LogP contribution in [0, 0.1) is 5.82 Å². The van der Waals surface area contributed by atoms with Gasteiger partial charge in [0.05, 0.1) is 5.69 Å². The van der Waals surface area contributed by atoms with Crippen molar-refractivity contribution in [3.8, 4) is 11.3 Å². The number of hydrogen-bond acceptors (Lipinski definition) is 1. The Bertz CT molecular complexity index is 626. The van der Waals surface area contributed by atoms with Gasteiger partial charge in [0.25, 0.3) is 0 Å². The number of rotatable bonds is 1. The van der Waals surface area contributed by atoms with E-state index in [0.717, 1.165) is 22.3 Å². The molecule has 0 aliphatic carbocycles. The smallest absolute Gasteiger partial charge is 0.137 e. The molecule has 0 fully saturated rings. The zero-order valence-electron chi connectivity index (χ0n) is 8.44. The molecule has 1 aromatic carbocycles. The van der Waals surface area contributed by atoms with Crippen LogP contribution in [0.3, 0.4) is 0 Å². The van der Waals surface area contributed by atoms with Crippen LogP contribution in [0.25, 0.3) is 22.3 Å². The minimum atomic E-state index is -0.232. The SMILES string of the molecule is Fc1ccc(-c2ccc3cc[nH]c3n2)cc1. The van der Waals surface area contributed by atoms with Gasteiger partial charge in [-0.25, -0.2) is 9.37 Å². The molecule has 0 atom stereocenters. The summed E-state index contributed by atoms with van der Waals surface area (Å²) in [6.45, 7) is 0. The molecule has 0 unspecified atom stereocenters. The predicted molar refractivity (Wildman–Crippen MR) is 61.5 cm³/mol. The molecule has 0 saturated heterocycles. The first-order valence-electron chi connectivity index (χ1n) is 5.03. The largest absolute Gasteiger partial charge is 0.346 e. The topological polar surface area (TPSA) is 28.7 Å². The van der Waals surface area contributed by atoms with E-state index in [4.69, 9.17) is 0 Å². The van der Waals surface area contributed by atoms with Crippen molar-refractivity contribution in [2.75, 3.05) is 0 Å². The fourth-order valence-corrected chi connectivity index (χ4v) is 1.71. The number of pyridine rings is 1.